The van der Waals surface area contributed by atoms with Crippen LogP contribution < -0.4 is 0 Å². The first-order chi connectivity index (χ1) is 10.2. The molecular weight excluding hydrogens is 268 g/mol. The number of carbonyl (C=O) groups is 1. The Morgan fingerprint density at radius 3 is 1.48 bits per heavy atom. The van der Waals surface area contributed by atoms with Crippen molar-refractivity contribution in [1.29, 1.82) is 0 Å². The number of rotatable bonds is 16. The van der Waals surface area contributed by atoms with Crippen molar-refractivity contribution >= 4 is 5.97 Å². The Kier molecular flexibility index (Phi) is 15.3. The van der Waals surface area contributed by atoms with Crippen LogP contribution in [0.3, 0.4) is 0 Å². The van der Waals surface area contributed by atoms with Gasteiger partial charge < -0.3 is 15.3 Å². The summed E-state index contributed by atoms with van der Waals surface area (Å²) in [4.78, 5) is 10.3. The summed E-state index contributed by atoms with van der Waals surface area (Å²) < 4.78 is 0. The molecule has 4 heteroatoms. The zero-order chi connectivity index (χ0) is 15.8. The van der Waals surface area contributed by atoms with Crippen LogP contribution in [-0.2, 0) is 4.79 Å². The lowest BCUT2D eigenvalue weighted by atomic mass is 10.0. The summed E-state index contributed by atoms with van der Waals surface area (Å²) in [5, 5.41) is 26.4. The molecule has 0 bridgehead atoms. The molecule has 0 heterocycles. The number of unbranched alkanes of at least 4 members (excludes halogenated alkanes) is 11. The van der Waals surface area contributed by atoms with Crippen LogP contribution in [0.4, 0.5) is 0 Å². The summed E-state index contributed by atoms with van der Waals surface area (Å²) in [7, 11) is 0. The second-order valence-electron chi connectivity index (χ2n) is 6.01. The molecule has 0 aliphatic rings. The summed E-state index contributed by atoms with van der Waals surface area (Å²) in [5.74, 6) is -0.680. The van der Waals surface area contributed by atoms with Gasteiger partial charge in [-0.15, -0.1) is 0 Å². The molecule has 3 N–H and O–H groups in total. The lowest BCUT2D eigenvalue weighted by Crippen LogP contribution is -2.10. The fourth-order valence-corrected chi connectivity index (χ4v) is 2.52. The van der Waals surface area contributed by atoms with Gasteiger partial charge in [-0.05, 0) is 12.8 Å². The van der Waals surface area contributed by atoms with Crippen LogP contribution in [-0.4, -0.2) is 34.0 Å². The van der Waals surface area contributed by atoms with Gasteiger partial charge in [0, 0.05) is 6.42 Å². The predicted molar refractivity (Wildman–Crippen MR) is 85.4 cm³/mol. The minimum absolute atomic E-state index is 0.115. The number of carboxylic acid groups (broad SMARTS) is 1. The molecule has 0 aromatic carbocycles. The number of carboxylic acids is 1. The SMILES string of the molecule is O=C(O)CCCCCCCCCCCCCCC(O)CO. The van der Waals surface area contributed by atoms with E-state index >= 15 is 0 Å². The molecule has 0 radical (unpaired) electrons. The third kappa shape index (κ3) is 17.3. The Morgan fingerprint density at radius 2 is 1.10 bits per heavy atom. The maximum atomic E-state index is 10.3. The second kappa shape index (κ2) is 15.8. The van der Waals surface area contributed by atoms with Crippen molar-refractivity contribution in [1.82, 2.24) is 0 Å². The smallest absolute Gasteiger partial charge is 0.303 e. The average molecular weight is 302 g/mol. The highest BCUT2D eigenvalue weighted by Crippen LogP contribution is 2.13. The molecule has 126 valence electrons. The second-order valence-corrected chi connectivity index (χ2v) is 6.01. The van der Waals surface area contributed by atoms with Crippen LogP contribution in [0.1, 0.15) is 89.9 Å². The first-order valence-electron chi connectivity index (χ1n) is 8.67. The summed E-state index contributed by atoms with van der Waals surface area (Å²) in [6.07, 6.45) is 14.6. The van der Waals surface area contributed by atoms with E-state index in [9.17, 15) is 9.90 Å². The van der Waals surface area contributed by atoms with Crippen molar-refractivity contribution in [3.63, 3.8) is 0 Å². The van der Waals surface area contributed by atoms with E-state index in [-0.39, 0.29) is 6.61 Å². The Labute approximate surface area is 129 Å². The highest BCUT2D eigenvalue weighted by atomic mass is 16.4. The summed E-state index contributed by atoms with van der Waals surface area (Å²) in [6, 6.07) is 0. The fourth-order valence-electron chi connectivity index (χ4n) is 2.52. The largest absolute Gasteiger partial charge is 0.481 e. The van der Waals surface area contributed by atoms with E-state index in [1.165, 1.54) is 51.4 Å². The minimum Gasteiger partial charge on any atom is -0.481 e. The molecular formula is C17H34O4. The molecule has 21 heavy (non-hydrogen) atoms. The molecule has 1 atom stereocenters. The first kappa shape index (κ1) is 20.4. The molecule has 0 aromatic rings. The van der Waals surface area contributed by atoms with Crippen LogP contribution in [0.5, 0.6) is 0 Å². The van der Waals surface area contributed by atoms with Gasteiger partial charge in [0.05, 0.1) is 12.7 Å². The third-order valence-corrected chi connectivity index (χ3v) is 3.89. The monoisotopic (exact) mass is 302 g/mol. The topological polar surface area (TPSA) is 77.8 Å². The van der Waals surface area contributed by atoms with Crippen LogP contribution in [0, 0.1) is 0 Å². The van der Waals surface area contributed by atoms with Crippen molar-refractivity contribution < 1.29 is 20.1 Å². The molecule has 0 amide bonds. The van der Waals surface area contributed by atoms with Crippen molar-refractivity contribution in [2.75, 3.05) is 6.61 Å². The Morgan fingerprint density at radius 1 is 0.714 bits per heavy atom. The van der Waals surface area contributed by atoms with Gasteiger partial charge in [-0.25, -0.2) is 0 Å². The summed E-state index contributed by atoms with van der Waals surface area (Å²) >= 11 is 0. The number of aliphatic hydroxyl groups is 2. The van der Waals surface area contributed by atoms with Crippen LogP contribution in [0.2, 0.25) is 0 Å². The van der Waals surface area contributed by atoms with Crippen molar-refractivity contribution in [2.24, 2.45) is 0 Å². The van der Waals surface area contributed by atoms with Crippen LogP contribution in [0.15, 0.2) is 0 Å². The van der Waals surface area contributed by atoms with Gasteiger partial charge in [0.15, 0.2) is 0 Å². The standard InChI is InChI=1S/C17H34O4/c18-15-16(19)13-11-9-7-5-3-1-2-4-6-8-10-12-14-17(20)21/h16,18-19H,1-15H2,(H,20,21). The highest BCUT2D eigenvalue weighted by molar-refractivity contribution is 5.66. The van der Waals surface area contributed by atoms with E-state index in [0.717, 1.165) is 32.1 Å². The van der Waals surface area contributed by atoms with Gasteiger partial charge >= 0.3 is 5.97 Å². The quantitative estimate of drug-likeness (QED) is 0.378. The first-order valence-corrected chi connectivity index (χ1v) is 8.67. The number of hydrogen-bond donors (Lipinski definition) is 3. The Balaban J connectivity index is 3.01. The molecule has 1 unspecified atom stereocenters. The summed E-state index contributed by atoms with van der Waals surface area (Å²) in [5.41, 5.74) is 0. The van der Waals surface area contributed by atoms with E-state index in [2.05, 4.69) is 0 Å². The minimum atomic E-state index is -0.680. The highest BCUT2D eigenvalue weighted by Gasteiger charge is 2.00. The maximum absolute atomic E-state index is 10.3. The van der Waals surface area contributed by atoms with Crippen molar-refractivity contribution in [3.05, 3.63) is 0 Å². The fraction of sp³-hybridized carbons (Fsp3) is 0.941. The van der Waals surface area contributed by atoms with Gasteiger partial charge in [0.1, 0.15) is 0 Å². The number of aliphatic hydroxyl groups excluding tert-OH is 2. The molecule has 0 aromatic heterocycles. The van der Waals surface area contributed by atoms with Crippen molar-refractivity contribution in [2.45, 2.75) is 96.0 Å². The van der Waals surface area contributed by atoms with Crippen molar-refractivity contribution in [3.8, 4) is 0 Å². The number of aliphatic carboxylic acids is 1. The molecule has 0 aliphatic heterocycles. The number of hydrogen-bond acceptors (Lipinski definition) is 3. The summed E-state index contributed by atoms with van der Waals surface area (Å²) in [6.45, 7) is -0.115. The molecule has 0 saturated heterocycles. The molecule has 0 fully saturated rings. The van der Waals surface area contributed by atoms with E-state index in [4.69, 9.17) is 10.2 Å². The molecule has 0 spiro atoms. The zero-order valence-corrected chi connectivity index (χ0v) is 13.4. The zero-order valence-electron chi connectivity index (χ0n) is 13.4. The molecule has 0 aliphatic carbocycles. The normalized spacial score (nSPS) is 12.5. The van der Waals surface area contributed by atoms with Gasteiger partial charge in [0.2, 0.25) is 0 Å². The van der Waals surface area contributed by atoms with E-state index < -0.39 is 12.1 Å². The Bertz CT molecular complexity index is 231. The third-order valence-electron chi connectivity index (χ3n) is 3.89. The van der Waals surface area contributed by atoms with Crippen LogP contribution >= 0.6 is 0 Å². The van der Waals surface area contributed by atoms with Gasteiger partial charge in [-0.1, -0.05) is 70.6 Å². The predicted octanol–water partition coefficient (Wildman–Crippen LogP) is 3.89. The molecule has 0 rings (SSSR count). The lowest BCUT2D eigenvalue weighted by molar-refractivity contribution is -0.137. The Hall–Kier alpha value is -0.610. The maximum Gasteiger partial charge on any atom is 0.303 e. The average Bonchev–Trinajstić information content (AvgIpc) is 2.46. The van der Waals surface area contributed by atoms with E-state index in [0.29, 0.717) is 6.42 Å². The van der Waals surface area contributed by atoms with E-state index in [1.807, 2.05) is 0 Å². The van der Waals surface area contributed by atoms with Crippen LogP contribution in [0.25, 0.3) is 0 Å². The van der Waals surface area contributed by atoms with E-state index in [1.54, 1.807) is 0 Å². The molecule has 4 nitrogen and oxygen atoms in total. The van der Waals surface area contributed by atoms with Gasteiger partial charge in [-0.3, -0.25) is 4.79 Å². The van der Waals surface area contributed by atoms with Gasteiger partial charge in [0.25, 0.3) is 0 Å². The molecule has 0 saturated carbocycles. The van der Waals surface area contributed by atoms with Gasteiger partial charge in [-0.2, -0.15) is 0 Å². The lowest BCUT2D eigenvalue weighted by Gasteiger charge is -2.06.